The maximum Gasteiger partial charge on any atom is 0.309 e. The van der Waals surface area contributed by atoms with Crippen LogP contribution in [0.15, 0.2) is 11.6 Å². The van der Waals surface area contributed by atoms with Crippen molar-refractivity contribution in [1.29, 1.82) is 0 Å². The Morgan fingerprint density at radius 3 is 2.37 bits per heavy atom. The van der Waals surface area contributed by atoms with Crippen LogP contribution in [0.3, 0.4) is 0 Å². The quantitative estimate of drug-likeness (QED) is 0.204. The SMILES string of the molecule is CC(=O)OC1/C=C(/COC(=O)CC(C)(O)CC(=O)O)CC[C@@H](O)[C@]2(C)O[C@@H]2C[C@@H]2[C@@H](C(C)(C)O)CC[C@@]12C. The molecule has 10 nitrogen and oxygen atoms in total. The highest BCUT2D eigenvalue weighted by molar-refractivity contribution is 5.74. The van der Waals surface area contributed by atoms with Gasteiger partial charge in [0.2, 0.25) is 0 Å². The van der Waals surface area contributed by atoms with E-state index in [1.807, 2.05) is 13.8 Å². The van der Waals surface area contributed by atoms with Crippen LogP contribution in [-0.4, -0.2) is 80.1 Å². The number of esters is 2. The van der Waals surface area contributed by atoms with Gasteiger partial charge in [0, 0.05) is 12.3 Å². The lowest BCUT2D eigenvalue weighted by atomic mass is 9.67. The van der Waals surface area contributed by atoms with Crippen LogP contribution in [0.2, 0.25) is 0 Å². The van der Waals surface area contributed by atoms with Crippen LogP contribution in [0.5, 0.6) is 0 Å². The molecule has 0 aromatic carbocycles. The van der Waals surface area contributed by atoms with Crippen molar-refractivity contribution in [3.05, 3.63) is 11.6 Å². The van der Waals surface area contributed by atoms with Crippen molar-refractivity contribution in [2.75, 3.05) is 6.61 Å². The van der Waals surface area contributed by atoms with Crippen molar-refractivity contribution in [3.8, 4) is 0 Å². The van der Waals surface area contributed by atoms with Crippen LogP contribution in [0.4, 0.5) is 0 Å². The first-order valence-electron chi connectivity index (χ1n) is 13.4. The maximum absolute atomic E-state index is 12.5. The van der Waals surface area contributed by atoms with Crippen LogP contribution < -0.4 is 0 Å². The van der Waals surface area contributed by atoms with Crippen molar-refractivity contribution in [2.45, 2.75) is 122 Å². The second-order valence-corrected chi connectivity index (χ2v) is 12.8. The van der Waals surface area contributed by atoms with E-state index in [1.165, 1.54) is 13.8 Å². The molecule has 8 atom stereocenters. The molecular weight excluding hydrogens is 496 g/mol. The lowest BCUT2D eigenvalue weighted by molar-refractivity contribution is -0.153. The van der Waals surface area contributed by atoms with Crippen LogP contribution in [0.1, 0.15) is 86.5 Å². The number of aliphatic hydroxyl groups excluding tert-OH is 1. The van der Waals surface area contributed by atoms with Crippen molar-refractivity contribution in [3.63, 3.8) is 0 Å². The molecule has 216 valence electrons. The predicted molar refractivity (Wildman–Crippen MR) is 136 cm³/mol. The molecule has 1 saturated carbocycles. The lowest BCUT2D eigenvalue weighted by Crippen LogP contribution is -2.44. The molecule has 0 radical (unpaired) electrons. The summed E-state index contributed by atoms with van der Waals surface area (Å²) in [5.74, 6) is -2.61. The summed E-state index contributed by atoms with van der Waals surface area (Å²) in [7, 11) is 0. The highest BCUT2D eigenvalue weighted by atomic mass is 16.6. The van der Waals surface area contributed by atoms with Gasteiger partial charge in [0.1, 0.15) is 18.3 Å². The summed E-state index contributed by atoms with van der Waals surface area (Å²) in [4.78, 5) is 35.6. The Hall–Kier alpha value is -2.01. The number of hydrogen-bond donors (Lipinski definition) is 4. The van der Waals surface area contributed by atoms with Crippen molar-refractivity contribution < 1.29 is 49.0 Å². The fourth-order valence-electron chi connectivity index (χ4n) is 6.51. The van der Waals surface area contributed by atoms with E-state index in [1.54, 1.807) is 19.9 Å². The van der Waals surface area contributed by atoms with Gasteiger partial charge in [0.25, 0.3) is 0 Å². The fourth-order valence-corrected chi connectivity index (χ4v) is 6.51. The fraction of sp³-hybridized carbons (Fsp3) is 0.821. The Morgan fingerprint density at radius 1 is 1.13 bits per heavy atom. The number of fused-ring (bicyclic) bond motifs is 2. The maximum atomic E-state index is 12.5. The van der Waals surface area contributed by atoms with Gasteiger partial charge in [-0.2, -0.15) is 0 Å². The monoisotopic (exact) mass is 540 g/mol. The number of ether oxygens (including phenoxy) is 3. The Labute approximate surface area is 224 Å². The zero-order valence-corrected chi connectivity index (χ0v) is 23.4. The Bertz CT molecular complexity index is 950. The molecule has 3 rings (SSSR count). The highest BCUT2D eigenvalue weighted by Gasteiger charge is 2.62. The molecule has 0 aromatic heterocycles. The number of hydrogen-bond acceptors (Lipinski definition) is 9. The number of rotatable bonds is 8. The van der Waals surface area contributed by atoms with Gasteiger partial charge in [-0.3, -0.25) is 14.4 Å². The average molecular weight is 541 g/mol. The van der Waals surface area contributed by atoms with Gasteiger partial charge < -0.3 is 34.6 Å². The molecule has 10 heteroatoms. The summed E-state index contributed by atoms with van der Waals surface area (Å²) in [5.41, 5.74) is -3.37. The molecule has 0 spiro atoms. The summed E-state index contributed by atoms with van der Waals surface area (Å²) in [6, 6.07) is 0. The van der Waals surface area contributed by atoms with Crippen LogP contribution >= 0.6 is 0 Å². The third-order valence-electron chi connectivity index (χ3n) is 8.89. The van der Waals surface area contributed by atoms with Crippen molar-refractivity contribution in [1.82, 2.24) is 0 Å². The van der Waals surface area contributed by atoms with Gasteiger partial charge >= 0.3 is 17.9 Å². The number of aliphatic hydroxyl groups is 3. The first-order valence-corrected chi connectivity index (χ1v) is 13.4. The molecule has 2 aliphatic carbocycles. The normalized spacial score (nSPS) is 38.3. The van der Waals surface area contributed by atoms with Crippen molar-refractivity contribution >= 4 is 17.9 Å². The first kappa shape index (κ1) is 30.5. The van der Waals surface area contributed by atoms with Gasteiger partial charge in [0.15, 0.2) is 0 Å². The molecule has 4 N–H and O–H groups in total. The minimum atomic E-state index is -1.76. The largest absolute Gasteiger partial charge is 0.481 e. The van der Waals surface area contributed by atoms with Crippen molar-refractivity contribution in [2.24, 2.45) is 17.3 Å². The van der Waals surface area contributed by atoms with Gasteiger partial charge in [-0.1, -0.05) is 6.92 Å². The lowest BCUT2D eigenvalue weighted by Gasteiger charge is -2.41. The van der Waals surface area contributed by atoms with E-state index >= 15 is 0 Å². The molecule has 0 amide bonds. The molecule has 38 heavy (non-hydrogen) atoms. The standard InChI is InChI=1S/C28H44O10/c1-16(29)37-21-11-17(15-36-24(33)14-26(4,35)13-23(31)32)7-8-20(30)28(6)22(38-28)12-19-18(25(2,3)34)9-10-27(19,21)5/h11,18-22,30,34-35H,7-10,12-15H2,1-6H3,(H,31,32)/b17-11+/t18-,19+,20+,21?,22+,26?,27+,28-/m0/s1. The second kappa shape index (κ2) is 10.9. The summed E-state index contributed by atoms with van der Waals surface area (Å²) in [6.45, 7) is 9.94. The molecule has 1 saturated heterocycles. The van der Waals surface area contributed by atoms with E-state index in [9.17, 15) is 29.7 Å². The van der Waals surface area contributed by atoms with Crippen LogP contribution in [0, 0.1) is 17.3 Å². The van der Waals surface area contributed by atoms with E-state index in [-0.39, 0.29) is 24.5 Å². The van der Waals surface area contributed by atoms with E-state index < -0.39 is 65.2 Å². The van der Waals surface area contributed by atoms with Gasteiger partial charge in [-0.25, -0.2) is 0 Å². The third-order valence-corrected chi connectivity index (χ3v) is 8.89. The molecule has 1 aliphatic heterocycles. The van der Waals surface area contributed by atoms with Gasteiger partial charge in [-0.15, -0.1) is 0 Å². The van der Waals surface area contributed by atoms with Gasteiger partial charge in [-0.05, 0) is 83.3 Å². The molecule has 0 bridgehead atoms. The summed E-state index contributed by atoms with van der Waals surface area (Å²) < 4.78 is 17.3. The second-order valence-electron chi connectivity index (χ2n) is 12.8. The number of aliphatic carboxylic acids is 1. The molecule has 2 unspecified atom stereocenters. The van der Waals surface area contributed by atoms with Crippen LogP contribution in [-0.2, 0) is 28.6 Å². The number of carbonyl (C=O) groups is 3. The van der Waals surface area contributed by atoms with E-state index in [0.29, 0.717) is 31.3 Å². The Kier molecular flexibility index (Phi) is 8.73. The average Bonchev–Trinajstić information content (AvgIpc) is 3.28. The molecule has 0 aromatic rings. The minimum absolute atomic E-state index is 0.0739. The summed E-state index contributed by atoms with van der Waals surface area (Å²) in [6.07, 6.45) is 1.76. The smallest absolute Gasteiger partial charge is 0.309 e. The highest BCUT2D eigenvalue weighted by Crippen LogP contribution is 2.58. The predicted octanol–water partition coefficient (Wildman–Crippen LogP) is 2.51. The molecule has 3 aliphatic rings. The number of carbonyl (C=O) groups excluding carboxylic acids is 2. The Morgan fingerprint density at radius 2 is 1.79 bits per heavy atom. The van der Waals surface area contributed by atoms with E-state index in [4.69, 9.17) is 19.3 Å². The summed E-state index contributed by atoms with van der Waals surface area (Å²) in [5, 5.41) is 41.2. The molecule has 2 fully saturated rings. The first-order chi connectivity index (χ1) is 17.4. The van der Waals surface area contributed by atoms with Gasteiger partial charge in [0.05, 0.1) is 36.3 Å². The van der Waals surface area contributed by atoms with E-state index in [2.05, 4.69) is 0 Å². The number of carboxylic acids is 1. The zero-order valence-electron chi connectivity index (χ0n) is 23.4. The number of epoxide rings is 1. The topological polar surface area (TPSA) is 163 Å². The van der Waals surface area contributed by atoms with Crippen LogP contribution in [0.25, 0.3) is 0 Å². The Balaban J connectivity index is 1.92. The third kappa shape index (κ3) is 6.94. The molecular formula is C28H44O10. The van der Waals surface area contributed by atoms with E-state index in [0.717, 1.165) is 6.42 Å². The zero-order chi connectivity index (χ0) is 28.7. The molecule has 1 heterocycles. The minimum Gasteiger partial charge on any atom is -0.481 e. The summed E-state index contributed by atoms with van der Waals surface area (Å²) >= 11 is 0. The number of carboxylic acid groups (broad SMARTS) is 1.